The van der Waals surface area contributed by atoms with E-state index in [9.17, 15) is 4.79 Å². The second-order valence-electron chi connectivity index (χ2n) is 6.32. The summed E-state index contributed by atoms with van der Waals surface area (Å²) in [5.74, 6) is 0.191. The van der Waals surface area contributed by atoms with Crippen molar-refractivity contribution < 1.29 is 4.79 Å². The van der Waals surface area contributed by atoms with Gasteiger partial charge in [-0.05, 0) is 49.9 Å². The Morgan fingerprint density at radius 3 is 2.76 bits per heavy atom. The highest BCUT2D eigenvalue weighted by Gasteiger charge is 2.43. The first-order valence-corrected chi connectivity index (χ1v) is 8.36. The van der Waals surface area contributed by atoms with Crippen molar-refractivity contribution in [2.24, 2.45) is 0 Å². The Labute approximate surface area is 131 Å². The number of carbonyl (C=O) groups is 1. The van der Waals surface area contributed by atoms with Gasteiger partial charge in [0, 0.05) is 17.6 Å². The molecule has 1 aliphatic carbocycles. The summed E-state index contributed by atoms with van der Waals surface area (Å²) in [6, 6.07) is 8.11. The van der Waals surface area contributed by atoms with Gasteiger partial charge in [-0.15, -0.1) is 0 Å². The van der Waals surface area contributed by atoms with E-state index in [4.69, 9.17) is 11.6 Å². The molecule has 1 atom stereocenters. The van der Waals surface area contributed by atoms with Crippen LogP contribution in [0.4, 0.5) is 0 Å². The third-order valence-electron chi connectivity index (χ3n) is 4.90. The summed E-state index contributed by atoms with van der Waals surface area (Å²) >= 11 is 6.14. The van der Waals surface area contributed by atoms with Gasteiger partial charge in [0.15, 0.2) is 0 Å². The molecule has 114 valence electrons. The second-order valence-corrected chi connectivity index (χ2v) is 6.75. The molecule has 2 N–H and O–H groups in total. The molecule has 4 heteroatoms. The lowest BCUT2D eigenvalue weighted by Gasteiger charge is -2.32. The maximum absolute atomic E-state index is 13.0. The van der Waals surface area contributed by atoms with Crippen LogP contribution >= 0.6 is 11.6 Å². The van der Waals surface area contributed by atoms with Crippen LogP contribution in [0, 0.1) is 0 Å². The van der Waals surface area contributed by atoms with Crippen LogP contribution in [0.2, 0.25) is 5.02 Å². The molecule has 1 saturated heterocycles. The van der Waals surface area contributed by atoms with Crippen LogP contribution in [-0.4, -0.2) is 25.0 Å². The third-order valence-corrected chi connectivity index (χ3v) is 5.14. The average molecular weight is 307 g/mol. The summed E-state index contributed by atoms with van der Waals surface area (Å²) in [4.78, 5) is 13.0. The number of amides is 1. The van der Waals surface area contributed by atoms with Gasteiger partial charge < -0.3 is 10.6 Å². The molecule has 1 saturated carbocycles. The standard InChI is InChI=1S/C17H23ClN2O/c18-14-6-3-5-13(11-14)17(8-1-2-9-17)16(21)20-15-7-4-10-19-12-15/h3,5-6,11,15,19H,1-2,4,7-10,12H2,(H,20,21). The summed E-state index contributed by atoms with van der Waals surface area (Å²) in [5, 5.41) is 7.35. The molecule has 0 spiro atoms. The number of hydrogen-bond donors (Lipinski definition) is 2. The van der Waals surface area contributed by atoms with E-state index in [1.807, 2.05) is 18.2 Å². The van der Waals surface area contributed by atoms with Gasteiger partial charge in [0.05, 0.1) is 5.41 Å². The van der Waals surface area contributed by atoms with Gasteiger partial charge in [-0.2, -0.15) is 0 Å². The molecule has 3 nitrogen and oxygen atoms in total. The molecular formula is C17H23ClN2O. The average Bonchev–Trinajstić information content (AvgIpc) is 2.99. The number of carbonyl (C=O) groups excluding carboxylic acids is 1. The van der Waals surface area contributed by atoms with E-state index in [2.05, 4.69) is 16.7 Å². The first-order valence-electron chi connectivity index (χ1n) is 7.98. The molecule has 0 bridgehead atoms. The molecule has 1 aromatic rings. The van der Waals surface area contributed by atoms with Gasteiger partial charge in [-0.3, -0.25) is 4.79 Å². The number of nitrogens with one attached hydrogen (secondary N) is 2. The predicted molar refractivity (Wildman–Crippen MR) is 85.6 cm³/mol. The van der Waals surface area contributed by atoms with Crippen LogP contribution < -0.4 is 10.6 Å². The predicted octanol–water partition coefficient (Wildman–Crippen LogP) is 3.02. The molecule has 1 aliphatic heterocycles. The van der Waals surface area contributed by atoms with Gasteiger partial charge >= 0.3 is 0 Å². The van der Waals surface area contributed by atoms with Gasteiger partial charge in [0.2, 0.25) is 5.91 Å². The summed E-state index contributed by atoms with van der Waals surface area (Å²) in [6.07, 6.45) is 6.30. The van der Waals surface area contributed by atoms with E-state index in [0.717, 1.165) is 57.2 Å². The number of benzene rings is 1. The number of rotatable bonds is 3. The quantitative estimate of drug-likeness (QED) is 0.901. The summed E-state index contributed by atoms with van der Waals surface area (Å²) in [5.41, 5.74) is 0.705. The molecule has 1 amide bonds. The SMILES string of the molecule is O=C(NC1CCCNC1)C1(c2cccc(Cl)c2)CCCC1. The van der Waals surface area contributed by atoms with Crippen molar-refractivity contribution in [2.75, 3.05) is 13.1 Å². The van der Waals surface area contributed by atoms with Gasteiger partial charge in [0.25, 0.3) is 0 Å². The normalized spacial score (nSPS) is 24.7. The van der Waals surface area contributed by atoms with E-state index in [1.54, 1.807) is 0 Å². The topological polar surface area (TPSA) is 41.1 Å². The Morgan fingerprint density at radius 1 is 1.29 bits per heavy atom. The monoisotopic (exact) mass is 306 g/mol. The minimum absolute atomic E-state index is 0.191. The van der Waals surface area contributed by atoms with Gasteiger partial charge in [-0.25, -0.2) is 0 Å². The lowest BCUT2D eigenvalue weighted by molar-refractivity contribution is -0.127. The first kappa shape index (κ1) is 14.9. The highest BCUT2D eigenvalue weighted by molar-refractivity contribution is 6.30. The minimum atomic E-state index is -0.373. The lowest BCUT2D eigenvalue weighted by Crippen LogP contribution is -2.51. The van der Waals surface area contributed by atoms with Crippen LogP contribution in [0.15, 0.2) is 24.3 Å². The van der Waals surface area contributed by atoms with E-state index in [0.29, 0.717) is 5.02 Å². The van der Waals surface area contributed by atoms with Crippen molar-refractivity contribution in [2.45, 2.75) is 50.0 Å². The van der Waals surface area contributed by atoms with Crippen molar-refractivity contribution in [3.63, 3.8) is 0 Å². The van der Waals surface area contributed by atoms with E-state index >= 15 is 0 Å². The minimum Gasteiger partial charge on any atom is -0.351 e. The molecule has 2 fully saturated rings. The van der Waals surface area contributed by atoms with Crippen molar-refractivity contribution in [1.29, 1.82) is 0 Å². The molecule has 0 aromatic heterocycles. The van der Waals surface area contributed by atoms with E-state index in [-0.39, 0.29) is 17.4 Å². The molecule has 0 radical (unpaired) electrons. The van der Waals surface area contributed by atoms with Crippen molar-refractivity contribution in [3.05, 3.63) is 34.9 Å². The fraction of sp³-hybridized carbons (Fsp3) is 0.588. The fourth-order valence-corrected chi connectivity index (χ4v) is 3.90. The lowest BCUT2D eigenvalue weighted by atomic mass is 9.77. The molecule has 1 aromatic carbocycles. The molecule has 21 heavy (non-hydrogen) atoms. The highest BCUT2D eigenvalue weighted by Crippen LogP contribution is 2.42. The Bertz CT molecular complexity index is 505. The largest absolute Gasteiger partial charge is 0.351 e. The van der Waals surface area contributed by atoms with Crippen LogP contribution in [0.25, 0.3) is 0 Å². The summed E-state index contributed by atoms with van der Waals surface area (Å²) in [6.45, 7) is 1.95. The molecule has 1 unspecified atom stereocenters. The van der Waals surface area contributed by atoms with Crippen molar-refractivity contribution in [1.82, 2.24) is 10.6 Å². The number of hydrogen-bond acceptors (Lipinski definition) is 2. The Kier molecular flexibility index (Phi) is 4.51. The van der Waals surface area contributed by atoms with Crippen molar-refractivity contribution in [3.8, 4) is 0 Å². The van der Waals surface area contributed by atoms with Crippen LogP contribution in [0.5, 0.6) is 0 Å². The zero-order chi connectivity index (χ0) is 14.7. The second kappa shape index (κ2) is 6.37. The van der Waals surface area contributed by atoms with Gasteiger partial charge in [0.1, 0.15) is 0 Å². The van der Waals surface area contributed by atoms with Crippen molar-refractivity contribution >= 4 is 17.5 Å². The molecule has 2 aliphatic rings. The number of piperidine rings is 1. The highest BCUT2D eigenvalue weighted by atomic mass is 35.5. The zero-order valence-corrected chi connectivity index (χ0v) is 13.1. The fourth-order valence-electron chi connectivity index (χ4n) is 3.71. The van der Waals surface area contributed by atoms with Crippen LogP contribution in [0.3, 0.4) is 0 Å². The van der Waals surface area contributed by atoms with E-state index < -0.39 is 0 Å². The van der Waals surface area contributed by atoms with E-state index in [1.165, 1.54) is 0 Å². The molecular weight excluding hydrogens is 284 g/mol. The smallest absolute Gasteiger partial charge is 0.230 e. The molecule has 3 rings (SSSR count). The van der Waals surface area contributed by atoms with Crippen LogP contribution in [-0.2, 0) is 10.2 Å². The maximum Gasteiger partial charge on any atom is 0.230 e. The van der Waals surface area contributed by atoms with Crippen LogP contribution in [0.1, 0.15) is 44.1 Å². The third kappa shape index (κ3) is 3.09. The van der Waals surface area contributed by atoms with Gasteiger partial charge in [-0.1, -0.05) is 36.6 Å². The Hall–Kier alpha value is -1.06. The summed E-state index contributed by atoms with van der Waals surface area (Å²) in [7, 11) is 0. The first-order chi connectivity index (χ1) is 10.2. The Balaban J connectivity index is 1.81. The zero-order valence-electron chi connectivity index (χ0n) is 12.3. The maximum atomic E-state index is 13.0. The Morgan fingerprint density at radius 2 is 2.10 bits per heavy atom. The number of halogens is 1. The summed E-state index contributed by atoms with van der Waals surface area (Å²) < 4.78 is 0. The molecule has 1 heterocycles.